The third kappa shape index (κ3) is 5.64. The Balaban J connectivity index is 1.10. The SMILES string of the molecule is CCc1cc(C)cc(N)c1OCc1ccc(-c2ccccc2-c2ccccc2-c2ccc(-n3c4ccccc4c4ccccc43)cc2)cc1. The Morgan fingerprint density at radius 3 is 1.59 bits per heavy atom. The van der Waals surface area contributed by atoms with Crippen LogP contribution in [0.2, 0.25) is 0 Å². The van der Waals surface area contributed by atoms with Crippen LogP contribution in [0.4, 0.5) is 5.69 Å². The number of rotatable bonds is 8. The number of aryl methyl sites for hydroxylation is 2. The van der Waals surface area contributed by atoms with E-state index in [0.29, 0.717) is 12.3 Å². The van der Waals surface area contributed by atoms with Gasteiger partial charge in [-0.2, -0.15) is 0 Å². The summed E-state index contributed by atoms with van der Waals surface area (Å²) in [4.78, 5) is 0. The molecule has 0 fully saturated rings. The van der Waals surface area contributed by atoms with Gasteiger partial charge in [-0.1, -0.05) is 134 Å². The minimum atomic E-state index is 0.468. The molecule has 3 nitrogen and oxygen atoms in total. The quantitative estimate of drug-likeness (QED) is 0.169. The Labute approximate surface area is 287 Å². The lowest BCUT2D eigenvalue weighted by molar-refractivity contribution is 0.305. The van der Waals surface area contributed by atoms with E-state index >= 15 is 0 Å². The minimum Gasteiger partial charge on any atom is -0.486 e. The lowest BCUT2D eigenvalue weighted by atomic mass is 9.89. The van der Waals surface area contributed by atoms with Crippen LogP contribution in [0.5, 0.6) is 5.75 Å². The first-order valence-electron chi connectivity index (χ1n) is 17.0. The van der Waals surface area contributed by atoms with Crippen molar-refractivity contribution in [3.05, 3.63) is 174 Å². The number of benzene rings is 7. The number of ether oxygens (including phenoxy) is 1. The zero-order valence-electron chi connectivity index (χ0n) is 27.9. The van der Waals surface area contributed by atoms with Gasteiger partial charge in [0.15, 0.2) is 0 Å². The van der Waals surface area contributed by atoms with Crippen LogP contribution >= 0.6 is 0 Å². The van der Waals surface area contributed by atoms with E-state index in [1.807, 2.05) is 6.07 Å². The summed E-state index contributed by atoms with van der Waals surface area (Å²) in [5.41, 5.74) is 21.2. The molecule has 1 heterocycles. The summed E-state index contributed by atoms with van der Waals surface area (Å²) in [6, 6.07) is 56.5. The average molecular weight is 635 g/mol. The van der Waals surface area contributed by atoms with E-state index in [4.69, 9.17) is 10.5 Å². The van der Waals surface area contributed by atoms with Gasteiger partial charge in [-0.25, -0.2) is 0 Å². The number of hydrogen-bond donors (Lipinski definition) is 1. The van der Waals surface area contributed by atoms with Crippen molar-refractivity contribution < 1.29 is 4.74 Å². The van der Waals surface area contributed by atoms with Gasteiger partial charge in [0, 0.05) is 16.5 Å². The normalized spacial score (nSPS) is 11.3. The van der Waals surface area contributed by atoms with Crippen molar-refractivity contribution in [2.45, 2.75) is 26.9 Å². The first kappa shape index (κ1) is 30.3. The molecule has 238 valence electrons. The van der Waals surface area contributed by atoms with E-state index in [9.17, 15) is 0 Å². The summed E-state index contributed by atoms with van der Waals surface area (Å²) in [5, 5.41) is 2.54. The Kier molecular flexibility index (Phi) is 7.95. The molecule has 7 aromatic carbocycles. The summed E-state index contributed by atoms with van der Waals surface area (Å²) in [6.45, 7) is 4.67. The molecular weight excluding hydrogens is 597 g/mol. The van der Waals surface area contributed by atoms with Crippen molar-refractivity contribution >= 4 is 27.5 Å². The lowest BCUT2D eigenvalue weighted by Crippen LogP contribution is -2.02. The molecule has 0 atom stereocenters. The molecule has 0 aliphatic heterocycles. The smallest absolute Gasteiger partial charge is 0.145 e. The highest BCUT2D eigenvalue weighted by Gasteiger charge is 2.15. The van der Waals surface area contributed by atoms with E-state index in [0.717, 1.165) is 34.5 Å². The summed E-state index contributed by atoms with van der Waals surface area (Å²) in [5.74, 6) is 0.794. The fraction of sp³-hybridized carbons (Fsp3) is 0.0870. The fourth-order valence-electron chi connectivity index (χ4n) is 7.18. The maximum atomic E-state index is 6.33. The molecule has 0 unspecified atom stereocenters. The zero-order valence-corrected chi connectivity index (χ0v) is 27.9. The monoisotopic (exact) mass is 634 g/mol. The van der Waals surface area contributed by atoms with Crippen LogP contribution in [0.1, 0.15) is 23.6 Å². The standard InChI is InChI=1S/C46H38N2O/c1-3-33-28-31(2)29-43(47)46(33)49-30-32-20-22-34(23-21-32)37-12-4-6-14-39(37)40-15-7-5-13-38(40)35-24-26-36(27-25-35)48-44-18-10-8-16-41(44)42-17-9-11-19-45(42)48/h4-29H,3,30,47H2,1-2H3. The van der Waals surface area contributed by atoms with Crippen molar-refractivity contribution in [1.29, 1.82) is 0 Å². The van der Waals surface area contributed by atoms with Gasteiger partial charge in [0.05, 0.1) is 16.7 Å². The predicted molar refractivity (Wildman–Crippen MR) is 206 cm³/mol. The van der Waals surface area contributed by atoms with Gasteiger partial charge < -0.3 is 15.0 Å². The van der Waals surface area contributed by atoms with Crippen LogP contribution in [-0.2, 0) is 13.0 Å². The highest BCUT2D eigenvalue weighted by atomic mass is 16.5. The van der Waals surface area contributed by atoms with Gasteiger partial charge in [-0.05, 0) is 93.7 Å². The fourth-order valence-corrected chi connectivity index (χ4v) is 7.18. The molecule has 0 amide bonds. The van der Waals surface area contributed by atoms with Gasteiger partial charge in [0.1, 0.15) is 12.4 Å². The molecule has 0 bridgehead atoms. The number of anilines is 1. The number of aromatic nitrogens is 1. The van der Waals surface area contributed by atoms with Gasteiger partial charge in [0.2, 0.25) is 0 Å². The average Bonchev–Trinajstić information content (AvgIpc) is 3.49. The molecule has 3 heteroatoms. The first-order chi connectivity index (χ1) is 24.1. The van der Waals surface area contributed by atoms with Gasteiger partial charge in [-0.3, -0.25) is 0 Å². The second kappa shape index (κ2) is 12.9. The number of fused-ring (bicyclic) bond motifs is 3. The predicted octanol–water partition coefficient (Wildman–Crippen LogP) is 11.8. The minimum absolute atomic E-state index is 0.468. The number of hydrogen-bond acceptors (Lipinski definition) is 2. The van der Waals surface area contributed by atoms with E-state index in [2.05, 4.69) is 170 Å². The third-order valence-electron chi connectivity index (χ3n) is 9.53. The summed E-state index contributed by atoms with van der Waals surface area (Å²) >= 11 is 0. The van der Waals surface area contributed by atoms with Crippen LogP contribution in [0.25, 0.3) is 60.9 Å². The maximum Gasteiger partial charge on any atom is 0.145 e. The van der Waals surface area contributed by atoms with E-state index in [-0.39, 0.29) is 0 Å². The van der Waals surface area contributed by atoms with Crippen LogP contribution in [0, 0.1) is 6.92 Å². The van der Waals surface area contributed by atoms with E-state index in [1.54, 1.807) is 0 Å². The van der Waals surface area contributed by atoms with Crippen molar-refractivity contribution in [2.24, 2.45) is 0 Å². The Bertz CT molecular complexity index is 2380. The number of nitrogen functional groups attached to an aromatic ring is 1. The van der Waals surface area contributed by atoms with Gasteiger partial charge in [-0.15, -0.1) is 0 Å². The molecule has 0 radical (unpaired) electrons. The van der Waals surface area contributed by atoms with Crippen LogP contribution in [0.3, 0.4) is 0 Å². The first-order valence-corrected chi connectivity index (χ1v) is 17.0. The molecule has 0 spiro atoms. The van der Waals surface area contributed by atoms with E-state index < -0.39 is 0 Å². The summed E-state index contributed by atoms with van der Waals surface area (Å²) < 4.78 is 8.61. The highest BCUT2D eigenvalue weighted by Crippen LogP contribution is 2.39. The Morgan fingerprint density at radius 1 is 0.551 bits per heavy atom. The molecular formula is C46H38N2O. The highest BCUT2D eigenvalue weighted by molar-refractivity contribution is 6.09. The summed E-state index contributed by atoms with van der Waals surface area (Å²) in [6.07, 6.45) is 0.879. The molecule has 8 rings (SSSR count). The van der Waals surface area contributed by atoms with Crippen molar-refractivity contribution in [3.8, 4) is 44.8 Å². The van der Waals surface area contributed by atoms with Crippen molar-refractivity contribution in [2.75, 3.05) is 5.73 Å². The largest absolute Gasteiger partial charge is 0.486 e. The Morgan fingerprint density at radius 2 is 1.04 bits per heavy atom. The summed E-state index contributed by atoms with van der Waals surface area (Å²) in [7, 11) is 0. The number of nitrogens with two attached hydrogens (primary N) is 1. The van der Waals surface area contributed by atoms with Crippen molar-refractivity contribution in [1.82, 2.24) is 4.57 Å². The number of nitrogens with zero attached hydrogens (tertiary/aromatic N) is 1. The second-order valence-electron chi connectivity index (χ2n) is 12.7. The molecule has 0 saturated heterocycles. The second-order valence-corrected chi connectivity index (χ2v) is 12.7. The zero-order chi connectivity index (χ0) is 33.3. The Hall–Kier alpha value is -6.06. The maximum absolute atomic E-state index is 6.33. The third-order valence-corrected chi connectivity index (χ3v) is 9.53. The van der Waals surface area contributed by atoms with Gasteiger partial charge >= 0.3 is 0 Å². The molecule has 8 aromatic rings. The lowest BCUT2D eigenvalue weighted by Gasteiger charge is -2.16. The van der Waals surface area contributed by atoms with E-state index in [1.165, 1.54) is 55.2 Å². The topological polar surface area (TPSA) is 40.2 Å². The van der Waals surface area contributed by atoms with Crippen molar-refractivity contribution in [3.63, 3.8) is 0 Å². The molecule has 1 aromatic heterocycles. The van der Waals surface area contributed by atoms with Crippen LogP contribution in [-0.4, -0.2) is 4.57 Å². The molecule has 0 aliphatic carbocycles. The van der Waals surface area contributed by atoms with Gasteiger partial charge in [0.25, 0.3) is 0 Å². The molecule has 0 saturated carbocycles. The number of para-hydroxylation sites is 2. The van der Waals surface area contributed by atoms with Crippen LogP contribution < -0.4 is 10.5 Å². The molecule has 0 aliphatic rings. The molecule has 2 N–H and O–H groups in total. The molecule has 49 heavy (non-hydrogen) atoms. The van der Waals surface area contributed by atoms with Crippen LogP contribution in [0.15, 0.2) is 158 Å².